The Labute approximate surface area is 77.0 Å². The van der Waals surface area contributed by atoms with Crippen LogP contribution in [-0.4, -0.2) is 14.9 Å². The summed E-state index contributed by atoms with van der Waals surface area (Å²) in [6.07, 6.45) is 1.27. The standard InChI is InChI=1S/C6H7IN2O2/c1-2-9-6(11)5(7)4(10)3-8-9/h3,10H,2H2,1H3. The first-order valence-corrected chi connectivity index (χ1v) is 4.19. The Kier molecular flexibility index (Phi) is 2.48. The minimum Gasteiger partial charge on any atom is -0.505 e. The zero-order valence-electron chi connectivity index (χ0n) is 5.91. The van der Waals surface area contributed by atoms with Gasteiger partial charge in [-0.1, -0.05) is 0 Å². The van der Waals surface area contributed by atoms with E-state index in [-0.39, 0.29) is 11.3 Å². The van der Waals surface area contributed by atoms with Gasteiger partial charge in [0.05, 0.1) is 6.20 Å². The molecule has 1 N–H and O–H groups in total. The molecule has 0 amide bonds. The van der Waals surface area contributed by atoms with Crippen molar-refractivity contribution in [2.24, 2.45) is 0 Å². The second-order valence-electron chi connectivity index (χ2n) is 1.96. The van der Waals surface area contributed by atoms with Gasteiger partial charge in [0.25, 0.3) is 5.56 Å². The van der Waals surface area contributed by atoms with E-state index < -0.39 is 0 Å². The Hall–Kier alpha value is -0.590. The predicted molar refractivity (Wildman–Crippen MR) is 48.6 cm³/mol. The SMILES string of the molecule is CCn1ncc(O)c(I)c1=O. The molecule has 0 aliphatic carbocycles. The van der Waals surface area contributed by atoms with Gasteiger partial charge in [0.15, 0.2) is 5.75 Å². The van der Waals surface area contributed by atoms with Crippen LogP contribution in [0.15, 0.2) is 11.0 Å². The highest BCUT2D eigenvalue weighted by molar-refractivity contribution is 14.1. The van der Waals surface area contributed by atoms with E-state index in [1.165, 1.54) is 10.9 Å². The summed E-state index contributed by atoms with van der Waals surface area (Å²) in [6.45, 7) is 2.34. The minimum absolute atomic E-state index is 0.0553. The van der Waals surface area contributed by atoms with Crippen LogP contribution in [0, 0.1) is 3.57 Å². The monoisotopic (exact) mass is 266 g/mol. The molecule has 0 fully saturated rings. The Morgan fingerprint density at radius 1 is 1.82 bits per heavy atom. The summed E-state index contributed by atoms with van der Waals surface area (Å²) in [6, 6.07) is 0. The van der Waals surface area contributed by atoms with Gasteiger partial charge < -0.3 is 5.11 Å². The first-order chi connectivity index (χ1) is 5.16. The van der Waals surface area contributed by atoms with Crippen molar-refractivity contribution < 1.29 is 5.11 Å². The highest BCUT2D eigenvalue weighted by Gasteiger charge is 2.04. The first kappa shape index (κ1) is 8.51. The molecule has 0 aliphatic rings. The predicted octanol–water partition coefficient (Wildman–Crippen LogP) is 0.573. The quantitative estimate of drug-likeness (QED) is 0.756. The summed E-state index contributed by atoms with van der Waals surface area (Å²) >= 11 is 1.79. The molecule has 0 saturated carbocycles. The normalized spacial score (nSPS) is 10.0. The Morgan fingerprint density at radius 3 is 3.00 bits per heavy atom. The molecule has 0 saturated heterocycles. The van der Waals surface area contributed by atoms with E-state index in [4.69, 9.17) is 5.11 Å². The molecule has 1 heterocycles. The van der Waals surface area contributed by atoms with Crippen molar-refractivity contribution in [3.8, 4) is 5.75 Å². The van der Waals surface area contributed by atoms with Crippen LogP contribution in [0.2, 0.25) is 0 Å². The van der Waals surface area contributed by atoms with E-state index in [0.29, 0.717) is 10.1 Å². The number of aryl methyl sites for hydroxylation is 1. The van der Waals surface area contributed by atoms with E-state index in [1.54, 1.807) is 22.6 Å². The average Bonchev–Trinajstić information content (AvgIpc) is 2.01. The average molecular weight is 266 g/mol. The molecule has 0 unspecified atom stereocenters. The van der Waals surface area contributed by atoms with Gasteiger partial charge in [-0.2, -0.15) is 5.10 Å². The van der Waals surface area contributed by atoms with Crippen LogP contribution in [0.5, 0.6) is 5.75 Å². The fourth-order valence-corrected chi connectivity index (χ4v) is 1.10. The van der Waals surface area contributed by atoms with Crippen LogP contribution in [0.1, 0.15) is 6.92 Å². The van der Waals surface area contributed by atoms with Crippen LogP contribution < -0.4 is 5.56 Å². The van der Waals surface area contributed by atoms with Crippen LogP contribution in [0.3, 0.4) is 0 Å². The Balaban J connectivity index is 3.37. The van der Waals surface area contributed by atoms with E-state index in [2.05, 4.69) is 5.10 Å². The fraction of sp³-hybridized carbons (Fsp3) is 0.333. The Bertz CT molecular complexity index is 321. The number of rotatable bonds is 1. The molecular formula is C6H7IN2O2. The van der Waals surface area contributed by atoms with E-state index in [9.17, 15) is 4.79 Å². The van der Waals surface area contributed by atoms with Gasteiger partial charge in [0, 0.05) is 6.54 Å². The molecule has 0 aliphatic heterocycles. The lowest BCUT2D eigenvalue weighted by molar-refractivity contribution is 0.456. The van der Waals surface area contributed by atoms with Gasteiger partial charge >= 0.3 is 0 Å². The third-order valence-electron chi connectivity index (χ3n) is 1.27. The van der Waals surface area contributed by atoms with Crippen molar-refractivity contribution >= 4 is 22.6 Å². The molecule has 1 rings (SSSR count). The van der Waals surface area contributed by atoms with E-state index in [1.807, 2.05) is 6.92 Å². The van der Waals surface area contributed by atoms with Gasteiger partial charge in [0.1, 0.15) is 3.57 Å². The molecule has 4 nitrogen and oxygen atoms in total. The van der Waals surface area contributed by atoms with Crippen LogP contribution in [0.4, 0.5) is 0 Å². The van der Waals surface area contributed by atoms with E-state index in [0.717, 1.165) is 0 Å². The third kappa shape index (κ3) is 1.52. The molecule has 0 bridgehead atoms. The van der Waals surface area contributed by atoms with Gasteiger partial charge in [-0.05, 0) is 29.5 Å². The van der Waals surface area contributed by atoms with Crippen LogP contribution >= 0.6 is 22.6 Å². The molecule has 5 heteroatoms. The van der Waals surface area contributed by atoms with Crippen molar-refractivity contribution in [3.05, 3.63) is 20.1 Å². The topological polar surface area (TPSA) is 55.1 Å². The zero-order valence-corrected chi connectivity index (χ0v) is 8.07. The van der Waals surface area contributed by atoms with Gasteiger partial charge in [-0.25, -0.2) is 4.68 Å². The summed E-state index contributed by atoms with van der Waals surface area (Å²) in [5.74, 6) is -0.0553. The van der Waals surface area contributed by atoms with Crippen LogP contribution in [0.25, 0.3) is 0 Å². The van der Waals surface area contributed by atoms with Gasteiger partial charge in [0.2, 0.25) is 0 Å². The molecule has 1 aromatic heterocycles. The number of hydrogen-bond donors (Lipinski definition) is 1. The minimum atomic E-state index is -0.242. The van der Waals surface area contributed by atoms with Gasteiger partial charge in [-0.3, -0.25) is 4.79 Å². The molecule has 60 valence electrons. The van der Waals surface area contributed by atoms with Crippen LogP contribution in [-0.2, 0) is 6.54 Å². The maximum absolute atomic E-state index is 11.2. The first-order valence-electron chi connectivity index (χ1n) is 3.11. The summed E-state index contributed by atoms with van der Waals surface area (Å²) in [4.78, 5) is 11.2. The molecule has 0 spiro atoms. The number of halogens is 1. The number of nitrogens with zero attached hydrogens (tertiary/aromatic N) is 2. The molecule has 0 aromatic carbocycles. The van der Waals surface area contributed by atoms with Crippen molar-refractivity contribution in [2.75, 3.05) is 0 Å². The maximum atomic E-state index is 11.2. The largest absolute Gasteiger partial charge is 0.505 e. The summed E-state index contributed by atoms with van der Waals surface area (Å²) in [7, 11) is 0. The van der Waals surface area contributed by atoms with Crippen molar-refractivity contribution in [1.82, 2.24) is 9.78 Å². The number of aromatic hydroxyl groups is 1. The van der Waals surface area contributed by atoms with Crippen molar-refractivity contribution in [1.29, 1.82) is 0 Å². The Morgan fingerprint density at radius 2 is 2.45 bits per heavy atom. The lowest BCUT2D eigenvalue weighted by atomic mass is 10.5. The fourth-order valence-electron chi connectivity index (χ4n) is 0.682. The zero-order chi connectivity index (χ0) is 8.43. The van der Waals surface area contributed by atoms with Gasteiger partial charge in [-0.15, -0.1) is 0 Å². The lowest BCUT2D eigenvalue weighted by Crippen LogP contribution is -2.23. The summed E-state index contributed by atoms with van der Waals surface area (Å²) in [5.41, 5.74) is -0.242. The molecule has 0 atom stereocenters. The summed E-state index contributed by atoms with van der Waals surface area (Å²) < 4.78 is 1.61. The molecule has 0 radical (unpaired) electrons. The van der Waals surface area contributed by atoms with E-state index >= 15 is 0 Å². The smallest absolute Gasteiger partial charge is 0.283 e. The molecular weight excluding hydrogens is 259 g/mol. The highest BCUT2D eigenvalue weighted by Crippen LogP contribution is 2.11. The maximum Gasteiger partial charge on any atom is 0.283 e. The van der Waals surface area contributed by atoms with Crippen molar-refractivity contribution in [3.63, 3.8) is 0 Å². The summed E-state index contributed by atoms with van der Waals surface area (Å²) in [5, 5.41) is 12.7. The second kappa shape index (κ2) is 3.21. The number of aromatic nitrogens is 2. The molecule has 11 heavy (non-hydrogen) atoms. The second-order valence-corrected chi connectivity index (χ2v) is 3.04. The third-order valence-corrected chi connectivity index (χ3v) is 2.28. The molecule has 1 aromatic rings. The highest BCUT2D eigenvalue weighted by atomic mass is 127. The number of hydrogen-bond acceptors (Lipinski definition) is 3. The lowest BCUT2D eigenvalue weighted by Gasteiger charge is -2.00. The van der Waals surface area contributed by atoms with Crippen molar-refractivity contribution in [2.45, 2.75) is 13.5 Å².